The highest BCUT2D eigenvalue weighted by molar-refractivity contribution is 7.11. The molecule has 0 radical (unpaired) electrons. The van der Waals surface area contributed by atoms with Crippen molar-refractivity contribution < 1.29 is 0 Å². The van der Waals surface area contributed by atoms with Crippen molar-refractivity contribution in [2.24, 2.45) is 0 Å². The van der Waals surface area contributed by atoms with Gasteiger partial charge in [0.15, 0.2) is 0 Å². The molecular weight excluding hydrogens is 256 g/mol. The topological polar surface area (TPSA) is 42.7 Å². The van der Waals surface area contributed by atoms with Crippen LogP contribution in [0.25, 0.3) is 0 Å². The Kier molecular flexibility index (Phi) is 4.71. The van der Waals surface area contributed by atoms with Crippen LogP contribution in [0.4, 0.5) is 0 Å². The van der Waals surface area contributed by atoms with Crippen molar-refractivity contribution in [3.05, 3.63) is 33.5 Å². The molecule has 0 saturated carbocycles. The Bertz CT molecular complexity index is 510. The molecule has 0 bridgehead atoms. The maximum Gasteiger partial charge on any atom is 0.115 e. The maximum atomic E-state index is 4.69. The van der Waals surface area contributed by atoms with E-state index in [1.807, 2.05) is 10.9 Å². The van der Waals surface area contributed by atoms with Crippen LogP contribution in [-0.4, -0.2) is 21.3 Å². The lowest BCUT2D eigenvalue weighted by Gasteiger charge is -2.14. The van der Waals surface area contributed by atoms with E-state index in [2.05, 4.69) is 44.3 Å². The zero-order valence-electron chi connectivity index (χ0n) is 12.1. The summed E-state index contributed by atoms with van der Waals surface area (Å²) in [5.41, 5.74) is 2.33. The Hall–Kier alpha value is -1.20. The fourth-order valence-electron chi connectivity index (χ4n) is 1.96. The van der Waals surface area contributed by atoms with Crippen molar-refractivity contribution in [3.8, 4) is 0 Å². The molecule has 2 rings (SSSR count). The summed E-state index contributed by atoms with van der Waals surface area (Å²) in [5.74, 6) is 0. The molecular formula is C14H22N4S. The minimum atomic E-state index is 0.164. The molecule has 1 N–H and O–H groups in total. The van der Waals surface area contributed by atoms with Crippen LogP contribution in [0.5, 0.6) is 0 Å². The molecule has 0 aliphatic heterocycles. The Morgan fingerprint density at radius 1 is 1.37 bits per heavy atom. The van der Waals surface area contributed by atoms with Gasteiger partial charge in [-0.2, -0.15) is 5.10 Å². The van der Waals surface area contributed by atoms with E-state index in [9.17, 15) is 0 Å². The molecule has 0 aliphatic carbocycles. The fraction of sp³-hybridized carbons (Fsp3) is 0.571. The number of aryl methyl sites for hydroxylation is 3. The quantitative estimate of drug-likeness (QED) is 0.883. The molecule has 104 valence electrons. The van der Waals surface area contributed by atoms with E-state index >= 15 is 0 Å². The van der Waals surface area contributed by atoms with Crippen LogP contribution in [0.3, 0.4) is 0 Å². The van der Waals surface area contributed by atoms with Crippen LogP contribution in [0.15, 0.2) is 12.4 Å². The number of rotatable bonds is 6. The molecule has 1 atom stereocenters. The molecule has 5 heteroatoms. The zero-order chi connectivity index (χ0) is 13.8. The summed E-state index contributed by atoms with van der Waals surface area (Å²) in [7, 11) is 0. The molecule has 19 heavy (non-hydrogen) atoms. The van der Waals surface area contributed by atoms with Gasteiger partial charge in [-0.3, -0.25) is 4.68 Å². The van der Waals surface area contributed by atoms with Crippen molar-refractivity contribution in [2.75, 3.05) is 6.54 Å². The summed E-state index contributed by atoms with van der Waals surface area (Å²) in [5, 5.41) is 9.08. The van der Waals surface area contributed by atoms with Crippen LogP contribution in [0, 0.1) is 13.8 Å². The normalized spacial score (nSPS) is 12.8. The van der Waals surface area contributed by atoms with Gasteiger partial charge in [0.25, 0.3) is 0 Å². The standard InChI is InChI=1S/C14H22N4S/c1-5-7-15-13(12-8-16-18(6-2)9-12)14-17-10(3)11(4)19-14/h8-9,13,15H,5-7H2,1-4H3. The van der Waals surface area contributed by atoms with Crippen molar-refractivity contribution >= 4 is 11.3 Å². The van der Waals surface area contributed by atoms with Crippen LogP contribution in [0.2, 0.25) is 0 Å². The Morgan fingerprint density at radius 3 is 2.68 bits per heavy atom. The largest absolute Gasteiger partial charge is 0.304 e. The summed E-state index contributed by atoms with van der Waals surface area (Å²) in [6, 6.07) is 0.164. The maximum absolute atomic E-state index is 4.69. The van der Waals surface area contributed by atoms with Gasteiger partial charge in [0, 0.05) is 23.2 Å². The van der Waals surface area contributed by atoms with Gasteiger partial charge < -0.3 is 5.32 Å². The smallest absolute Gasteiger partial charge is 0.115 e. The highest BCUT2D eigenvalue weighted by Crippen LogP contribution is 2.27. The first-order valence-corrected chi connectivity index (χ1v) is 7.67. The predicted octanol–water partition coefficient (Wildman–Crippen LogP) is 3.07. The van der Waals surface area contributed by atoms with E-state index in [0.717, 1.165) is 30.2 Å². The van der Waals surface area contributed by atoms with Crippen molar-refractivity contribution in [1.82, 2.24) is 20.1 Å². The zero-order valence-corrected chi connectivity index (χ0v) is 12.9. The highest BCUT2D eigenvalue weighted by Gasteiger charge is 2.19. The molecule has 4 nitrogen and oxygen atoms in total. The second-order valence-electron chi connectivity index (χ2n) is 4.71. The van der Waals surface area contributed by atoms with E-state index in [0.29, 0.717) is 0 Å². The van der Waals surface area contributed by atoms with Crippen LogP contribution < -0.4 is 5.32 Å². The van der Waals surface area contributed by atoms with Crippen LogP contribution in [0.1, 0.15) is 47.5 Å². The van der Waals surface area contributed by atoms with Crippen molar-refractivity contribution in [3.63, 3.8) is 0 Å². The summed E-state index contributed by atoms with van der Waals surface area (Å²) in [4.78, 5) is 5.99. The van der Waals surface area contributed by atoms with Gasteiger partial charge in [-0.15, -0.1) is 11.3 Å². The lowest BCUT2D eigenvalue weighted by molar-refractivity contribution is 0.593. The third-order valence-corrected chi connectivity index (χ3v) is 4.34. The average molecular weight is 278 g/mol. The molecule has 2 aromatic heterocycles. The third-order valence-electron chi connectivity index (χ3n) is 3.20. The fourth-order valence-corrected chi connectivity index (χ4v) is 2.99. The average Bonchev–Trinajstić information content (AvgIpc) is 2.98. The van der Waals surface area contributed by atoms with Gasteiger partial charge in [-0.05, 0) is 33.7 Å². The molecule has 0 spiro atoms. The summed E-state index contributed by atoms with van der Waals surface area (Å²) < 4.78 is 1.96. The monoisotopic (exact) mass is 278 g/mol. The van der Waals surface area contributed by atoms with E-state index in [-0.39, 0.29) is 6.04 Å². The van der Waals surface area contributed by atoms with Gasteiger partial charge in [-0.25, -0.2) is 4.98 Å². The molecule has 0 saturated heterocycles. The second-order valence-corrected chi connectivity index (χ2v) is 5.94. The number of hydrogen-bond acceptors (Lipinski definition) is 4. The van der Waals surface area contributed by atoms with Crippen LogP contribution in [-0.2, 0) is 6.54 Å². The van der Waals surface area contributed by atoms with Crippen molar-refractivity contribution in [2.45, 2.75) is 46.7 Å². The van der Waals surface area contributed by atoms with Crippen molar-refractivity contribution in [1.29, 1.82) is 0 Å². The molecule has 0 aliphatic rings. The molecule has 0 amide bonds. The molecule has 1 unspecified atom stereocenters. The lowest BCUT2D eigenvalue weighted by Crippen LogP contribution is -2.22. The van der Waals surface area contributed by atoms with E-state index < -0.39 is 0 Å². The van der Waals surface area contributed by atoms with Gasteiger partial charge >= 0.3 is 0 Å². The van der Waals surface area contributed by atoms with E-state index in [4.69, 9.17) is 4.98 Å². The van der Waals surface area contributed by atoms with E-state index in [1.165, 1.54) is 10.4 Å². The Balaban J connectivity index is 2.29. The second kappa shape index (κ2) is 6.30. The third kappa shape index (κ3) is 3.22. The number of aromatic nitrogens is 3. The molecule has 2 aromatic rings. The summed E-state index contributed by atoms with van der Waals surface area (Å²) >= 11 is 1.77. The summed E-state index contributed by atoms with van der Waals surface area (Å²) in [6.07, 6.45) is 5.17. The summed E-state index contributed by atoms with van der Waals surface area (Å²) in [6.45, 7) is 10.4. The van der Waals surface area contributed by atoms with E-state index in [1.54, 1.807) is 11.3 Å². The Morgan fingerprint density at radius 2 is 2.16 bits per heavy atom. The molecule has 0 fully saturated rings. The van der Waals surface area contributed by atoms with Gasteiger partial charge in [0.1, 0.15) is 5.01 Å². The minimum Gasteiger partial charge on any atom is -0.304 e. The first-order chi connectivity index (χ1) is 9.15. The first kappa shape index (κ1) is 14.2. The molecule has 0 aromatic carbocycles. The highest BCUT2D eigenvalue weighted by atomic mass is 32.1. The van der Waals surface area contributed by atoms with Crippen LogP contribution >= 0.6 is 11.3 Å². The number of nitrogens with zero attached hydrogens (tertiary/aromatic N) is 3. The number of hydrogen-bond donors (Lipinski definition) is 1. The SMILES string of the molecule is CCCNC(c1cnn(CC)c1)c1nc(C)c(C)s1. The first-order valence-electron chi connectivity index (χ1n) is 6.85. The predicted molar refractivity (Wildman–Crippen MR) is 79.6 cm³/mol. The molecule has 2 heterocycles. The number of thiazole rings is 1. The lowest BCUT2D eigenvalue weighted by atomic mass is 10.1. The van der Waals surface area contributed by atoms with Gasteiger partial charge in [-0.1, -0.05) is 6.92 Å². The minimum absolute atomic E-state index is 0.164. The van der Waals surface area contributed by atoms with Gasteiger partial charge in [0.05, 0.1) is 17.9 Å². The Labute approximate surface area is 118 Å². The van der Waals surface area contributed by atoms with Gasteiger partial charge in [0.2, 0.25) is 0 Å². The number of nitrogens with one attached hydrogen (secondary N) is 1.